The molecule has 0 unspecified atom stereocenters. The highest BCUT2D eigenvalue weighted by Gasteiger charge is 1.96. The second kappa shape index (κ2) is 2.23. The van der Waals surface area contributed by atoms with Crippen molar-refractivity contribution in [3.63, 3.8) is 0 Å². The molecule has 4 heteroatoms. The maximum Gasteiger partial charge on any atom is 0.151 e. The van der Waals surface area contributed by atoms with Crippen LogP contribution in [0.5, 0.6) is 0 Å². The van der Waals surface area contributed by atoms with E-state index in [4.69, 9.17) is 0 Å². The van der Waals surface area contributed by atoms with Crippen molar-refractivity contribution in [1.29, 1.82) is 0 Å². The molecule has 2 heterocycles. The maximum absolute atomic E-state index is 4.20. The zero-order chi connectivity index (χ0) is 7.68. The Morgan fingerprint density at radius 1 is 1.55 bits per heavy atom. The van der Waals surface area contributed by atoms with E-state index in [-0.39, 0.29) is 0 Å². The van der Waals surface area contributed by atoms with Crippen LogP contribution in [0.1, 0.15) is 5.69 Å². The van der Waals surface area contributed by atoms with Gasteiger partial charge in [0.2, 0.25) is 0 Å². The molecule has 2 aromatic rings. The first-order valence-corrected chi connectivity index (χ1v) is 3.37. The van der Waals surface area contributed by atoms with Crippen LogP contribution in [0.4, 0.5) is 0 Å². The summed E-state index contributed by atoms with van der Waals surface area (Å²) in [6, 6.07) is 1.95. The van der Waals surface area contributed by atoms with E-state index in [0.29, 0.717) is 0 Å². The van der Waals surface area contributed by atoms with Crippen LogP contribution >= 0.6 is 0 Å². The number of hydrogen-bond donors (Lipinski definition) is 1. The molecule has 0 aliphatic carbocycles. The standard InChI is InChI=1S/C7H8N4/c1-6-2-3-11(10-6)7-4-8-5-9-7/h2-5H,1H3,(H,8,9). The summed E-state index contributed by atoms with van der Waals surface area (Å²) in [5.41, 5.74) is 1.000. The number of rotatable bonds is 1. The summed E-state index contributed by atoms with van der Waals surface area (Å²) in [6.07, 6.45) is 5.25. The number of H-pyrrole nitrogens is 1. The summed E-state index contributed by atoms with van der Waals surface area (Å²) in [5, 5.41) is 4.20. The Balaban J connectivity index is 2.45. The van der Waals surface area contributed by atoms with Crippen LogP contribution < -0.4 is 0 Å². The quantitative estimate of drug-likeness (QED) is 0.653. The molecule has 56 valence electrons. The number of aromatic nitrogens is 4. The molecule has 2 rings (SSSR count). The normalized spacial score (nSPS) is 10.3. The molecule has 4 nitrogen and oxygen atoms in total. The van der Waals surface area contributed by atoms with E-state index in [2.05, 4.69) is 15.1 Å². The Bertz CT molecular complexity index is 333. The van der Waals surface area contributed by atoms with E-state index in [1.165, 1.54) is 0 Å². The van der Waals surface area contributed by atoms with E-state index in [1.807, 2.05) is 19.2 Å². The molecule has 0 amide bonds. The highest BCUT2D eigenvalue weighted by Crippen LogP contribution is 2.00. The third kappa shape index (κ3) is 1.02. The first-order valence-electron chi connectivity index (χ1n) is 3.37. The van der Waals surface area contributed by atoms with E-state index >= 15 is 0 Å². The van der Waals surface area contributed by atoms with Crippen molar-refractivity contribution in [3.05, 3.63) is 30.5 Å². The molecule has 0 spiro atoms. The topological polar surface area (TPSA) is 46.5 Å². The summed E-state index contributed by atoms with van der Waals surface area (Å²) in [5.74, 6) is 0.887. The molecule has 0 saturated heterocycles. The summed E-state index contributed by atoms with van der Waals surface area (Å²) < 4.78 is 1.75. The molecule has 2 aromatic heterocycles. The van der Waals surface area contributed by atoms with Crippen molar-refractivity contribution in [1.82, 2.24) is 19.7 Å². The lowest BCUT2D eigenvalue weighted by Gasteiger charge is -1.92. The van der Waals surface area contributed by atoms with Crippen LogP contribution in [0, 0.1) is 6.92 Å². The molecule has 0 aromatic carbocycles. The van der Waals surface area contributed by atoms with Crippen LogP contribution in [-0.4, -0.2) is 19.7 Å². The van der Waals surface area contributed by atoms with Crippen molar-refractivity contribution >= 4 is 0 Å². The number of nitrogens with zero attached hydrogens (tertiary/aromatic N) is 3. The Labute approximate surface area is 63.9 Å². The number of aryl methyl sites for hydroxylation is 1. The van der Waals surface area contributed by atoms with E-state index in [9.17, 15) is 0 Å². The Kier molecular flexibility index (Phi) is 1.25. The molecule has 0 aliphatic heterocycles. The molecule has 1 N–H and O–H groups in total. The van der Waals surface area contributed by atoms with Crippen molar-refractivity contribution in [2.75, 3.05) is 0 Å². The van der Waals surface area contributed by atoms with Gasteiger partial charge in [0.15, 0.2) is 5.82 Å². The minimum Gasteiger partial charge on any atom is -0.330 e. The zero-order valence-corrected chi connectivity index (χ0v) is 6.15. The Hall–Kier alpha value is -1.58. The fourth-order valence-corrected chi connectivity index (χ4v) is 0.923. The van der Waals surface area contributed by atoms with Gasteiger partial charge in [0.05, 0.1) is 18.2 Å². The lowest BCUT2D eigenvalue weighted by Crippen LogP contribution is -1.94. The Morgan fingerprint density at radius 3 is 3.00 bits per heavy atom. The predicted octanol–water partition coefficient (Wildman–Crippen LogP) is 0.904. The van der Waals surface area contributed by atoms with Gasteiger partial charge in [0.25, 0.3) is 0 Å². The summed E-state index contributed by atoms with van der Waals surface area (Å²) in [4.78, 5) is 6.85. The molecule has 11 heavy (non-hydrogen) atoms. The first kappa shape index (κ1) is 6.15. The lowest BCUT2D eigenvalue weighted by atomic mass is 10.5. The van der Waals surface area contributed by atoms with Gasteiger partial charge in [-0.15, -0.1) is 0 Å². The van der Waals surface area contributed by atoms with Gasteiger partial charge in [-0.25, -0.2) is 9.67 Å². The largest absolute Gasteiger partial charge is 0.330 e. The molecular formula is C7H8N4. The maximum atomic E-state index is 4.20. The second-order valence-electron chi connectivity index (χ2n) is 2.34. The minimum absolute atomic E-state index is 0.887. The molecule has 0 atom stereocenters. The van der Waals surface area contributed by atoms with Gasteiger partial charge in [-0.05, 0) is 13.0 Å². The average Bonchev–Trinajstić information content (AvgIpc) is 2.55. The van der Waals surface area contributed by atoms with Crippen molar-refractivity contribution in [3.8, 4) is 5.82 Å². The third-order valence-corrected chi connectivity index (χ3v) is 1.45. The number of imidazole rings is 1. The SMILES string of the molecule is Cc1ccn(-c2cnc[nH]2)n1. The van der Waals surface area contributed by atoms with Gasteiger partial charge in [0, 0.05) is 6.20 Å². The zero-order valence-electron chi connectivity index (χ0n) is 6.15. The predicted molar refractivity (Wildman–Crippen MR) is 40.4 cm³/mol. The lowest BCUT2D eigenvalue weighted by molar-refractivity contribution is 0.839. The fourth-order valence-electron chi connectivity index (χ4n) is 0.923. The third-order valence-electron chi connectivity index (χ3n) is 1.45. The van der Waals surface area contributed by atoms with Gasteiger partial charge in [-0.1, -0.05) is 0 Å². The van der Waals surface area contributed by atoms with Gasteiger partial charge in [-0.2, -0.15) is 5.10 Å². The van der Waals surface area contributed by atoms with Gasteiger partial charge >= 0.3 is 0 Å². The monoisotopic (exact) mass is 148 g/mol. The summed E-state index contributed by atoms with van der Waals surface area (Å²) in [6.45, 7) is 1.95. The van der Waals surface area contributed by atoms with Crippen LogP contribution in [0.15, 0.2) is 24.8 Å². The summed E-state index contributed by atoms with van der Waals surface area (Å²) >= 11 is 0. The van der Waals surface area contributed by atoms with Crippen molar-refractivity contribution in [2.24, 2.45) is 0 Å². The average molecular weight is 148 g/mol. The van der Waals surface area contributed by atoms with Gasteiger partial charge in [-0.3, -0.25) is 0 Å². The second-order valence-corrected chi connectivity index (χ2v) is 2.34. The first-order chi connectivity index (χ1) is 5.36. The van der Waals surface area contributed by atoms with E-state index in [0.717, 1.165) is 11.5 Å². The van der Waals surface area contributed by atoms with E-state index < -0.39 is 0 Å². The smallest absolute Gasteiger partial charge is 0.151 e. The van der Waals surface area contributed by atoms with Crippen molar-refractivity contribution in [2.45, 2.75) is 6.92 Å². The number of aromatic amines is 1. The van der Waals surface area contributed by atoms with Crippen LogP contribution in [0.3, 0.4) is 0 Å². The fraction of sp³-hybridized carbons (Fsp3) is 0.143. The highest BCUT2D eigenvalue weighted by molar-refractivity contribution is 5.16. The number of nitrogens with one attached hydrogen (secondary N) is 1. The highest BCUT2D eigenvalue weighted by atomic mass is 15.3. The summed E-state index contributed by atoms with van der Waals surface area (Å²) in [7, 11) is 0. The van der Waals surface area contributed by atoms with E-state index in [1.54, 1.807) is 17.2 Å². The van der Waals surface area contributed by atoms with Crippen LogP contribution in [0.25, 0.3) is 5.82 Å². The molecule has 0 fully saturated rings. The van der Waals surface area contributed by atoms with Crippen LogP contribution in [0.2, 0.25) is 0 Å². The minimum atomic E-state index is 0.887. The van der Waals surface area contributed by atoms with Gasteiger partial charge < -0.3 is 4.98 Å². The van der Waals surface area contributed by atoms with Crippen molar-refractivity contribution < 1.29 is 0 Å². The molecule has 0 bridgehead atoms. The molecule has 0 saturated carbocycles. The molecule has 0 radical (unpaired) electrons. The Morgan fingerprint density at radius 2 is 2.45 bits per heavy atom. The van der Waals surface area contributed by atoms with Gasteiger partial charge in [0.1, 0.15) is 0 Å². The molecule has 0 aliphatic rings. The van der Waals surface area contributed by atoms with Crippen LogP contribution in [-0.2, 0) is 0 Å². The number of hydrogen-bond acceptors (Lipinski definition) is 2. The molecular weight excluding hydrogens is 140 g/mol.